The van der Waals surface area contributed by atoms with Crippen LogP contribution in [0.1, 0.15) is 32.4 Å². The third-order valence-corrected chi connectivity index (χ3v) is 4.24. The van der Waals surface area contributed by atoms with Crippen LogP contribution in [-0.2, 0) is 11.3 Å². The van der Waals surface area contributed by atoms with E-state index in [2.05, 4.69) is 22.5 Å². The molecular formula is C16H27N3O2. The number of amides is 1. The van der Waals surface area contributed by atoms with Crippen LogP contribution < -0.4 is 10.6 Å². The Morgan fingerprint density at radius 2 is 2.48 bits per heavy atom. The molecule has 1 aromatic heterocycles. The molecule has 0 bridgehead atoms. The van der Waals surface area contributed by atoms with Crippen LogP contribution in [0.2, 0.25) is 0 Å². The van der Waals surface area contributed by atoms with E-state index < -0.39 is 0 Å². The van der Waals surface area contributed by atoms with E-state index in [0.717, 1.165) is 31.9 Å². The molecule has 0 spiro atoms. The van der Waals surface area contributed by atoms with Crippen molar-refractivity contribution in [1.82, 2.24) is 15.5 Å². The Balaban J connectivity index is 1.80. The Morgan fingerprint density at radius 3 is 3.10 bits per heavy atom. The SMILES string of the molecule is CCN(CC1CCCNC1)C(C)C(=O)NCc1ccco1. The fourth-order valence-electron chi connectivity index (χ4n) is 2.87. The molecule has 1 saturated heterocycles. The molecule has 0 saturated carbocycles. The predicted octanol–water partition coefficient (Wildman–Crippen LogP) is 1.61. The summed E-state index contributed by atoms with van der Waals surface area (Å²) in [5.74, 6) is 1.51. The van der Waals surface area contributed by atoms with Gasteiger partial charge in [0.1, 0.15) is 5.76 Å². The van der Waals surface area contributed by atoms with Gasteiger partial charge in [0.25, 0.3) is 0 Å². The zero-order chi connectivity index (χ0) is 15.1. The molecule has 1 amide bonds. The molecule has 0 radical (unpaired) electrons. The maximum atomic E-state index is 12.3. The molecule has 1 aromatic rings. The van der Waals surface area contributed by atoms with Crippen molar-refractivity contribution < 1.29 is 9.21 Å². The second kappa shape index (κ2) is 8.20. The van der Waals surface area contributed by atoms with Gasteiger partial charge in [0.15, 0.2) is 0 Å². The topological polar surface area (TPSA) is 57.5 Å². The number of hydrogen-bond acceptors (Lipinski definition) is 4. The molecule has 2 unspecified atom stereocenters. The van der Waals surface area contributed by atoms with Gasteiger partial charge in [-0.25, -0.2) is 0 Å². The van der Waals surface area contributed by atoms with E-state index in [1.54, 1.807) is 6.26 Å². The minimum Gasteiger partial charge on any atom is -0.467 e. The molecule has 0 aliphatic carbocycles. The lowest BCUT2D eigenvalue weighted by Crippen LogP contribution is -2.48. The summed E-state index contributed by atoms with van der Waals surface area (Å²) in [5.41, 5.74) is 0. The first-order valence-electron chi connectivity index (χ1n) is 7.95. The molecule has 5 heteroatoms. The molecular weight excluding hydrogens is 266 g/mol. The number of likely N-dealkylation sites (N-methyl/N-ethyl adjacent to an activating group) is 1. The van der Waals surface area contributed by atoms with E-state index in [4.69, 9.17) is 4.42 Å². The molecule has 1 aliphatic heterocycles. The van der Waals surface area contributed by atoms with Crippen LogP contribution in [0.5, 0.6) is 0 Å². The third kappa shape index (κ3) is 4.86. The third-order valence-electron chi connectivity index (χ3n) is 4.24. The molecule has 2 heterocycles. The molecule has 2 rings (SSSR count). The summed E-state index contributed by atoms with van der Waals surface area (Å²) in [4.78, 5) is 14.5. The van der Waals surface area contributed by atoms with Crippen molar-refractivity contribution in [2.24, 2.45) is 5.92 Å². The van der Waals surface area contributed by atoms with Gasteiger partial charge in [-0.2, -0.15) is 0 Å². The Morgan fingerprint density at radius 1 is 1.62 bits per heavy atom. The highest BCUT2D eigenvalue weighted by Crippen LogP contribution is 2.13. The fraction of sp³-hybridized carbons (Fsp3) is 0.688. The van der Waals surface area contributed by atoms with Gasteiger partial charge < -0.3 is 15.1 Å². The quantitative estimate of drug-likeness (QED) is 0.802. The average molecular weight is 293 g/mol. The van der Waals surface area contributed by atoms with Crippen LogP contribution in [0.3, 0.4) is 0 Å². The molecule has 1 aliphatic rings. The predicted molar refractivity (Wildman–Crippen MR) is 82.9 cm³/mol. The van der Waals surface area contributed by atoms with Crippen molar-refractivity contribution in [3.8, 4) is 0 Å². The summed E-state index contributed by atoms with van der Waals surface area (Å²) in [6, 6.07) is 3.60. The maximum Gasteiger partial charge on any atom is 0.237 e. The fourth-order valence-corrected chi connectivity index (χ4v) is 2.87. The lowest BCUT2D eigenvalue weighted by atomic mass is 9.98. The summed E-state index contributed by atoms with van der Waals surface area (Å²) in [6.07, 6.45) is 4.12. The maximum absolute atomic E-state index is 12.3. The number of piperidine rings is 1. The van der Waals surface area contributed by atoms with Gasteiger partial charge in [-0.3, -0.25) is 9.69 Å². The second-order valence-electron chi connectivity index (χ2n) is 5.77. The Kier molecular flexibility index (Phi) is 6.26. The van der Waals surface area contributed by atoms with Gasteiger partial charge >= 0.3 is 0 Å². The van der Waals surface area contributed by atoms with Gasteiger partial charge in [0, 0.05) is 6.54 Å². The number of nitrogens with one attached hydrogen (secondary N) is 2. The minimum absolute atomic E-state index is 0.0667. The number of rotatable bonds is 7. The van der Waals surface area contributed by atoms with Crippen molar-refractivity contribution in [3.05, 3.63) is 24.2 Å². The lowest BCUT2D eigenvalue weighted by molar-refractivity contribution is -0.126. The highest BCUT2D eigenvalue weighted by Gasteiger charge is 2.23. The average Bonchev–Trinajstić information content (AvgIpc) is 3.04. The van der Waals surface area contributed by atoms with E-state index in [9.17, 15) is 4.79 Å². The number of hydrogen-bond donors (Lipinski definition) is 2. The Labute approximate surface area is 127 Å². The smallest absolute Gasteiger partial charge is 0.237 e. The van der Waals surface area contributed by atoms with Crippen molar-refractivity contribution >= 4 is 5.91 Å². The van der Waals surface area contributed by atoms with Crippen molar-refractivity contribution in [2.75, 3.05) is 26.2 Å². The van der Waals surface area contributed by atoms with E-state index >= 15 is 0 Å². The number of carbonyl (C=O) groups excluding carboxylic acids is 1. The normalized spacial score (nSPS) is 20.4. The first-order chi connectivity index (χ1) is 10.2. The van der Waals surface area contributed by atoms with Crippen LogP contribution >= 0.6 is 0 Å². The molecule has 2 N–H and O–H groups in total. The molecule has 1 fully saturated rings. The van der Waals surface area contributed by atoms with Gasteiger partial charge in [-0.05, 0) is 57.5 Å². The number of carbonyl (C=O) groups is 1. The van der Waals surface area contributed by atoms with Crippen LogP contribution in [-0.4, -0.2) is 43.0 Å². The Hall–Kier alpha value is -1.33. The van der Waals surface area contributed by atoms with Crippen LogP contribution in [0, 0.1) is 5.92 Å². The molecule has 0 aromatic carbocycles. The number of furan rings is 1. The van der Waals surface area contributed by atoms with E-state index in [1.165, 1.54) is 12.8 Å². The van der Waals surface area contributed by atoms with E-state index in [-0.39, 0.29) is 11.9 Å². The largest absolute Gasteiger partial charge is 0.467 e. The van der Waals surface area contributed by atoms with Crippen molar-refractivity contribution in [2.45, 2.75) is 39.3 Å². The number of nitrogens with zero attached hydrogens (tertiary/aromatic N) is 1. The summed E-state index contributed by atoms with van der Waals surface area (Å²) in [5, 5.41) is 6.38. The summed E-state index contributed by atoms with van der Waals surface area (Å²) < 4.78 is 5.24. The summed E-state index contributed by atoms with van der Waals surface area (Å²) in [6.45, 7) is 8.63. The van der Waals surface area contributed by atoms with E-state index in [1.807, 2.05) is 19.1 Å². The summed E-state index contributed by atoms with van der Waals surface area (Å²) in [7, 11) is 0. The van der Waals surface area contributed by atoms with Crippen LogP contribution in [0.4, 0.5) is 0 Å². The zero-order valence-corrected chi connectivity index (χ0v) is 13.1. The van der Waals surface area contributed by atoms with Crippen LogP contribution in [0.15, 0.2) is 22.8 Å². The lowest BCUT2D eigenvalue weighted by Gasteiger charge is -2.32. The molecule has 21 heavy (non-hydrogen) atoms. The summed E-state index contributed by atoms with van der Waals surface area (Å²) >= 11 is 0. The first kappa shape index (κ1) is 16.0. The van der Waals surface area contributed by atoms with Crippen molar-refractivity contribution in [1.29, 1.82) is 0 Å². The van der Waals surface area contributed by atoms with Gasteiger partial charge in [-0.15, -0.1) is 0 Å². The molecule has 5 nitrogen and oxygen atoms in total. The molecule has 118 valence electrons. The molecule has 2 atom stereocenters. The second-order valence-corrected chi connectivity index (χ2v) is 5.77. The highest BCUT2D eigenvalue weighted by molar-refractivity contribution is 5.81. The monoisotopic (exact) mass is 293 g/mol. The standard InChI is InChI=1S/C16H27N3O2/c1-3-19(12-14-6-4-8-17-10-14)13(2)16(20)18-11-15-7-5-9-21-15/h5,7,9,13-14,17H,3-4,6,8,10-12H2,1-2H3,(H,18,20). The van der Waals surface area contributed by atoms with Gasteiger partial charge in [0.05, 0.1) is 18.8 Å². The first-order valence-corrected chi connectivity index (χ1v) is 7.95. The minimum atomic E-state index is -0.105. The van der Waals surface area contributed by atoms with Crippen molar-refractivity contribution in [3.63, 3.8) is 0 Å². The zero-order valence-electron chi connectivity index (χ0n) is 13.1. The van der Waals surface area contributed by atoms with E-state index in [0.29, 0.717) is 12.5 Å². The highest BCUT2D eigenvalue weighted by atomic mass is 16.3. The Bertz CT molecular complexity index is 413. The van der Waals surface area contributed by atoms with Crippen LogP contribution in [0.25, 0.3) is 0 Å². The van der Waals surface area contributed by atoms with Gasteiger partial charge in [-0.1, -0.05) is 6.92 Å². The van der Waals surface area contributed by atoms with Gasteiger partial charge in [0.2, 0.25) is 5.91 Å².